The maximum absolute atomic E-state index is 12.3. The largest absolute Gasteiger partial charge is 0.478 e. The van der Waals surface area contributed by atoms with E-state index in [1.807, 2.05) is 58.2 Å². The van der Waals surface area contributed by atoms with E-state index in [-0.39, 0.29) is 18.1 Å². The van der Waals surface area contributed by atoms with Crippen LogP contribution in [-0.2, 0) is 9.53 Å². The van der Waals surface area contributed by atoms with Crippen LogP contribution in [0.2, 0.25) is 0 Å². The fourth-order valence-electron chi connectivity index (χ4n) is 2.26. The van der Waals surface area contributed by atoms with E-state index in [2.05, 4.69) is 0 Å². The van der Waals surface area contributed by atoms with Crippen molar-refractivity contribution in [3.05, 3.63) is 47.2 Å². The van der Waals surface area contributed by atoms with E-state index in [0.29, 0.717) is 5.76 Å². The van der Waals surface area contributed by atoms with Crippen molar-refractivity contribution in [2.24, 2.45) is 0 Å². The molecule has 3 heteroatoms. The average Bonchev–Trinajstić information content (AvgIpc) is 2.45. The number of allylic oxidation sites excluding steroid dienone is 1. The van der Waals surface area contributed by atoms with Crippen LogP contribution in [-0.4, -0.2) is 23.9 Å². The maximum atomic E-state index is 12.3. The van der Waals surface area contributed by atoms with Gasteiger partial charge in [-0.05, 0) is 31.4 Å². The summed E-state index contributed by atoms with van der Waals surface area (Å²) in [7, 11) is 1.84. The smallest absolute Gasteiger partial charge is 0.289 e. The van der Waals surface area contributed by atoms with Crippen LogP contribution in [0, 0.1) is 0 Å². The molecule has 1 aliphatic rings. The van der Waals surface area contributed by atoms with Gasteiger partial charge in [-0.1, -0.05) is 37.3 Å². The summed E-state index contributed by atoms with van der Waals surface area (Å²) in [6, 6.07) is 10.1. The number of hydrogen-bond donors (Lipinski definition) is 0. The van der Waals surface area contributed by atoms with E-state index in [4.69, 9.17) is 4.74 Å². The van der Waals surface area contributed by atoms with Crippen molar-refractivity contribution in [3.8, 4) is 0 Å². The number of amides is 1. The molecule has 1 aromatic carbocycles. The summed E-state index contributed by atoms with van der Waals surface area (Å²) in [5.74, 6) is 0.496. The number of morpholine rings is 1. The van der Waals surface area contributed by atoms with Crippen LogP contribution in [0.15, 0.2) is 41.7 Å². The third-order valence-electron chi connectivity index (χ3n) is 3.85. The highest BCUT2D eigenvalue weighted by Crippen LogP contribution is 2.33. The van der Waals surface area contributed by atoms with Gasteiger partial charge in [-0.15, -0.1) is 0 Å². The van der Waals surface area contributed by atoms with Gasteiger partial charge in [0.05, 0.1) is 6.04 Å². The molecule has 1 heterocycles. The molecule has 0 spiro atoms. The summed E-state index contributed by atoms with van der Waals surface area (Å²) in [5, 5.41) is 0. The Hall–Kier alpha value is -1.77. The van der Waals surface area contributed by atoms with Crippen molar-refractivity contribution in [3.63, 3.8) is 0 Å². The summed E-state index contributed by atoms with van der Waals surface area (Å²) < 4.78 is 6.01. The van der Waals surface area contributed by atoms with Gasteiger partial charge in [-0.3, -0.25) is 4.79 Å². The average molecular weight is 259 g/mol. The molecule has 0 radical (unpaired) electrons. The van der Waals surface area contributed by atoms with Gasteiger partial charge in [-0.2, -0.15) is 0 Å². The second-order valence-electron chi connectivity index (χ2n) is 5.07. The molecule has 1 aliphatic heterocycles. The summed E-state index contributed by atoms with van der Waals surface area (Å²) in [6.07, 6.45) is 0.727. The van der Waals surface area contributed by atoms with Crippen LogP contribution in [0.1, 0.15) is 38.9 Å². The zero-order valence-corrected chi connectivity index (χ0v) is 12.0. The molecule has 1 saturated heterocycles. The quantitative estimate of drug-likeness (QED) is 0.763. The molecule has 2 rings (SSSR count). The number of nitrogens with zero attached hydrogens (tertiary/aromatic N) is 1. The van der Waals surface area contributed by atoms with Gasteiger partial charge in [0, 0.05) is 7.05 Å². The number of hydrogen-bond acceptors (Lipinski definition) is 2. The monoisotopic (exact) mass is 259 g/mol. The van der Waals surface area contributed by atoms with Crippen molar-refractivity contribution in [1.82, 2.24) is 4.90 Å². The Bertz CT molecular complexity index is 493. The normalized spacial score (nSPS) is 26.1. The Labute approximate surface area is 114 Å². The van der Waals surface area contributed by atoms with E-state index in [9.17, 15) is 4.79 Å². The number of carbonyl (C=O) groups excluding carboxylic acids is 1. The SMILES string of the molecule is CC/C(C)=C1\O[C@H](c2ccccc2)[C@H](C)N(C)C1=O. The van der Waals surface area contributed by atoms with Crippen molar-refractivity contribution in [2.75, 3.05) is 7.05 Å². The number of likely N-dealkylation sites (N-methyl/N-ethyl adjacent to an activating group) is 1. The summed E-state index contributed by atoms with van der Waals surface area (Å²) >= 11 is 0. The van der Waals surface area contributed by atoms with Gasteiger partial charge in [0.25, 0.3) is 5.91 Å². The topological polar surface area (TPSA) is 29.5 Å². The molecular weight excluding hydrogens is 238 g/mol. The Kier molecular flexibility index (Phi) is 3.93. The highest BCUT2D eigenvalue weighted by Gasteiger charge is 2.36. The molecule has 102 valence electrons. The molecule has 0 aliphatic carbocycles. The minimum Gasteiger partial charge on any atom is -0.478 e. The molecule has 0 saturated carbocycles. The third kappa shape index (κ3) is 2.50. The molecule has 0 bridgehead atoms. The lowest BCUT2D eigenvalue weighted by atomic mass is 9.99. The molecule has 0 N–H and O–H groups in total. The number of benzene rings is 1. The minimum atomic E-state index is -0.0969. The number of rotatable bonds is 2. The van der Waals surface area contributed by atoms with Gasteiger partial charge < -0.3 is 9.64 Å². The van der Waals surface area contributed by atoms with Gasteiger partial charge >= 0.3 is 0 Å². The Morgan fingerprint density at radius 2 is 1.95 bits per heavy atom. The second-order valence-corrected chi connectivity index (χ2v) is 5.07. The van der Waals surface area contributed by atoms with E-state index in [1.54, 1.807) is 4.90 Å². The first-order chi connectivity index (χ1) is 9.06. The van der Waals surface area contributed by atoms with E-state index < -0.39 is 0 Å². The van der Waals surface area contributed by atoms with Crippen LogP contribution in [0.4, 0.5) is 0 Å². The van der Waals surface area contributed by atoms with Crippen LogP contribution < -0.4 is 0 Å². The molecule has 1 aromatic rings. The summed E-state index contributed by atoms with van der Waals surface area (Å²) in [6.45, 7) is 6.02. The fraction of sp³-hybridized carbons (Fsp3) is 0.438. The predicted octanol–water partition coefficient (Wildman–Crippen LogP) is 3.29. The van der Waals surface area contributed by atoms with Gasteiger partial charge in [-0.25, -0.2) is 0 Å². The molecule has 0 unspecified atom stereocenters. The van der Waals surface area contributed by atoms with Crippen molar-refractivity contribution < 1.29 is 9.53 Å². The minimum absolute atomic E-state index is 0.0148. The fourth-order valence-corrected chi connectivity index (χ4v) is 2.26. The highest BCUT2D eigenvalue weighted by atomic mass is 16.5. The van der Waals surface area contributed by atoms with Gasteiger partial charge in [0.2, 0.25) is 0 Å². The Morgan fingerprint density at radius 1 is 1.32 bits per heavy atom. The second kappa shape index (κ2) is 5.47. The molecule has 0 aromatic heterocycles. The van der Waals surface area contributed by atoms with E-state index in [1.165, 1.54) is 0 Å². The van der Waals surface area contributed by atoms with Gasteiger partial charge in [0.15, 0.2) is 5.76 Å². The highest BCUT2D eigenvalue weighted by molar-refractivity contribution is 5.93. The molecule has 1 fully saturated rings. The lowest BCUT2D eigenvalue weighted by Crippen LogP contribution is -2.46. The van der Waals surface area contributed by atoms with E-state index >= 15 is 0 Å². The molecule has 1 amide bonds. The number of carbonyl (C=O) groups is 1. The van der Waals surface area contributed by atoms with Gasteiger partial charge in [0.1, 0.15) is 6.10 Å². The molecule has 3 nitrogen and oxygen atoms in total. The maximum Gasteiger partial charge on any atom is 0.289 e. The molecule has 19 heavy (non-hydrogen) atoms. The van der Waals surface area contributed by atoms with Crippen LogP contribution >= 0.6 is 0 Å². The first-order valence-electron chi connectivity index (χ1n) is 6.74. The summed E-state index contributed by atoms with van der Waals surface area (Å²) in [5.41, 5.74) is 2.11. The van der Waals surface area contributed by atoms with Crippen molar-refractivity contribution in [1.29, 1.82) is 0 Å². The zero-order valence-electron chi connectivity index (χ0n) is 12.0. The third-order valence-corrected chi connectivity index (χ3v) is 3.85. The zero-order chi connectivity index (χ0) is 14.0. The van der Waals surface area contributed by atoms with Crippen molar-refractivity contribution in [2.45, 2.75) is 39.3 Å². The van der Waals surface area contributed by atoms with Crippen LogP contribution in [0.25, 0.3) is 0 Å². The first kappa shape index (κ1) is 13.7. The van der Waals surface area contributed by atoms with E-state index in [0.717, 1.165) is 17.6 Å². The first-order valence-corrected chi connectivity index (χ1v) is 6.74. The molecular formula is C16H21NO2. The number of ether oxygens (including phenoxy) is 1. The predicted molar refractivity (Wildman–Crippen MR) is 75.5 cm³/mol. The van der Waals surface area contributed by atoms with Crippen molar-refractivity contribution >= 4 is 5.91 Å². The standard InChI is InChI=1S/C16H21NO2/c1-5-11(2)14-16(18)17(4)12(3)15(19-14)13-9-7-6-8-10-13/h6-10,12,15H,5H2,1-4H3/b14-11-/t12-,15-/m0/s1. The Morgan fingerprint density at radius 3 is 2.53 bits per heavy atom. The lowest BCUT2D eigenvalue weighted by molar-refractivity contribution is -0.143. The Balaban J connectivity index is 2.38. The van der Waals surface area contributed by atoms with Crippen LogP contribution in [0.3, 0.4) is 0 Å². The lowest BCUT2D eigenvalue weighted by Gasteiger charge is -2.39. The summed E-state index contributed by atoms with van der Waals surface area (Å²) in [4.78, 5) is 14.0. The molecule has 2 atom stereocenters. The van der Waals surface area contributed by atoms with Crippen LogP contribution in [0.5, 0.6) is 0 Å².